The smallest absolute Gasteiger partial charge is 0.128 e. The lowest BCUT2D eigenvalue weighted by Crippen LogP contribution is -2.25. The largest absolute Gasteiger partial charge is 0.326 e. The molecule has 1 aliphatic rings. The molecular formula is C18H21FN2. The lowest BCUT2D eigenvalue weighted by molar-refractivity contribution is 0.242. The number of nitrogens with two attached hydrogens (primary N) is 1. The van der Waals surface area contributed by atoms with E-state index in [1.807, 2.05) is 18.2 Å². The van der Waals surface area contributed by atoms with Gasteiger partial charge < -0.3 is 5.73 Å². The predicted molar refractivity (Wildman–Crippen MR) is 83.0 cm³/mol. The fraction of sp³-hybridized carbons (Fsp3) is 0.333. The van der Waals surface area contributed by atoms with Crippen molar-refractivity contribution in [3.63, 3.8) is 0 Å². The molecule has 110 valence electrons. The van der Waals surface area contributed by atoms with Crippen LogP contribution in [0.4, 0.5) is 4.39 Å². The normalized spacial score (nSPS) is 14.6. The maximum Gasteiger partial charge on any atom is 0.128 e. The van der Waals surface area contributed by atoms with Crippen molar-refractivity contribution in [3.05, 3.63) is 71.0 Å². The molecule has 3 rings (SSSR count). The number of nitrogens with zero attached hydrogens (tertiary/aromatic N) is 1. The van der Waals surface area contributed by atoms with E-state index >= 15 is 0 Å². The topological polar surface area (TPSA) is 29.3 Å². The van der Waals surface area contributed by atoms with Crippen LogP contribution in [-0.2, 0) is 19.6 Å². The fourth-order valence-electron chi connectivity index (χ4n) is 2.64. The lowest BCUT2D eigenvalue weighted by atomic mass is 10.1. The van der Waals surface area contributed by atoms with Crippen molar-refractivity contribution in [2.45, 2.75) is 38.5 Å². The lowest BCUT2D eigenvalue weighted by Gasteiger charge is -2.22. The molecule has 1 saturated carbocycles. The summed E-state index contributed by atoms with van der Waals surface area (Å²) in [4.78, 5) is 2.37. The van der Waals surface area contributed by atoms with Crippen LogP contribution in [0.5, 0.6) is 0 Å². The molecular weight excluding hydrogens is 263 g/mol. The average molecular weight is 284 g/mol. The molecule has 0 atom stereocenters. The minimum atomic E-state index is -0.142. The van der Waals surface area contributed by atoms with E-state index in [0.717, 1.165) is 17.7 Å². The Morgan fingerprint density at radius 2 is 1.76 bits per heavy atom. The van der Waals surface area contributed by atoms with E-state index in [-0.39, 0.29) is 5.82 Å². The first-order valence-corrected chi connectivity index (χ1v) is 7.51. The van der Waals surface area contributed by atoms with E-state index in [1.54, 1.807) is 6.07 Å². The van der Waals surface area contributed by atoms with E-state index in [1.165, 1.54) is 18.4 Å². The number of benzene rings is 2. The van der Waals surface area contributed by atoms with Crippen molar-refractivity contribution in [3.8, 4) is 0 Å². The summed E-state index contributed by atoms with van der Waals surface area (Å²) in [7, 11) is 0. The Morgan fingerprint density at radius 3 is 2.38 bits per heavy atom. The quantitative estimate of drug-likeness (QED) is 0.880. The van der Waals surface area contributed by atoms with Crippen molar-refractivity contribution < 1.29 is 4.39 Å². The third kappa shape index (κ3) is 3.69. The van der Waals surface area contributed by atoms with Gasteiger partial charge >= 0.3 is 0 Å². The van der Waals surface area contributed by atoms with Crippen LogP contribution in [0.3, 0.4) is 0 Å². The van der Waals surface area contributed by atoms with Crippen LogP contribution in [0.2, 0.25) is 0 Å². The molecule has 0 spiro atoms. The molecule has 0 bridgehead atoms. The molecule has 0 heterocycles. The number of rotatable bonds is 6. The van der Waals surface area contributed by atoms with Crippen LogP contribution < -0.4 is 5.73 Å². The molecule has 0 aliphatic heterocycles. The second-order valence-corrected chi connectivity index (χ2v) is 5.75. The molecule has 2 aromatic rings. The van der Waals surface area contributed by atoms with E-state index in [9.17, 15) is 4.39 Å². The highest BCUT2D eigenvalue weighted by atomic mass is 19.1. The number of hydrogen-bond acceptors (Lipinski definition) is 2. The Kier molecular flexibility index (Phi) is 4.32. The summed E-state index contributed by atoms with van der Waals surface area (Å²) in [6, 6.07) is 16.3. The average Bonchev–Trinajstić information content (AvgIpc) is 3.34. The van der Waals surface area contributed by atoms with Gasteiger partial charge in [0.15, 0.2) is 0 Å². The van der Waals surface area contributed by atoms with Crippen LogP contribution in [-0.4, -0.2) is 10.9 Å². The van der Waals surface area contributed by atoms with E-state index in [4.69, 9.17) is 5.73 Å². The second kappa shape index (κ2) is 6.37. The SMILES string of the molecule is NCc1ccc(CN(Cc2ccccc2)C2CC2)c(F)c1. The van der Waals surface area contributed by atoms with Crippen molar-refractivity contribution in [2.24, 2.45) is 5.73 Å². The molecule has 0 unspecified atom stereocenters. The van der Waals surface area contributed by atoms with Crippen LogP contribution in [0.25, 0.3) is 0 Å². The highest BCUT2D eigenvalue weighted by molar-refractivity contribution is 5.25. The van der Waals surface area contributed by atoms with Gasteiger partial charge in [-0.05, 0) is 30.0 Å². The van der Waals surface area contributed by atoms with Crippen LogP contribution in [0, 0.1) is 5.82 Å². The van der Waals surface area contributed by atoms with E-state index in [2.05, 4.69) is 29.2 Å². The Labute approximate surface area is 125 Å². The monoisotopic (exact) mass is 284 g/mol. The molecule has 0 aromatic heterocycles. The van der Waals surface area contributed by atoms with Crippen LogP contribution >= 0.6 is 0 Å². The Balaban J connectivity index is 1.73. The first kappa shape index (κ1) is 14.2. The molecule has 2 N–H and O–H groups in total. The summed E-state index contributed by atoms with van der Waals surface area (Å²) in [6.45, 7) is 1.92. The molecule has 2 aromatic carbocycles. The summed E-state index contributed by atoms with van der Waals surface area (Å²) in [5.41, 5.74) is 8.44. The van der Waals surface area contributed by atoms with Gasteiger partial charge in [-0.25, -0.2) is 4.39 Å². The summed E-state index contributed by atoms with van der Waals surface area (Å²) in [5.74, 6) is -0.142. The number of halogens is 1. The summed E-state index contributed by atoms with van der Waals surface area (Å²) in [5, 5.41) is 0. The minimum Gasteiger partial charge on any atom is -0.326 e. The van der Waals surface area contributed by atoms with Gasteiger partial charge in [0, 0.05) is 31.2 Å². The molecule has 2 nitrogen and oxygen atoms in total. The maximum absolute atomic E-state index is 14.1. The highest BCUT2D eigenvalue weighted by Crippen LogP contribution is 2.30. The Hall–Kier alpha value is -1.71. The molecule has 3 heteroatoms. The molecule has 21 heavy (non-hydrogen) atoms. The van der Waals surface area contributed by atoms with E-state index in [0.29, 0.717) is 19.1 Å². The van der Waals surface area contributed by atoms with Gasteiger partial charge in [0.05, 0.1) is 0 Å². The molecule has 0 amide bonds. The van der Waals surface area contributed by atoms with Crippen molar-refractivity contribution in [2.75, 3.05) is 0 Å². The third-order valence-electron chi connectivity index (χ3n) is 4.02. The second-order valence-electron chi connectivity index (χ2n) is 5.75. The van der Waals surface area contributed by atoms with Gasteiger partial charge in [0.25, 0.3) is 0 Å². The van der Waals surface area contributed by atoms with Gasteiger partial charge in [-0.15, -0.1) is 0 Å². The molecule has 1 fully saturated rings. The standard InChI is InChI=1S/C18H21FN2/c19-18-10-15(11-20)6-7-16(18)13-21(17-8-9-17)12-14-4-2-1-3-5-14/h1-7,10,17H,8-9,11-13,20H2. The van der Waals surface area contributed by atoms with Gasteiger partial charge in [0.1, 0.15) is 5.82 Å². The highest BCUT2D eigenvalue weighted by Gasteiger charge is 2.29. The number of hydrogen-bond donors (Lipinski definition) is 1. The predicted octanol–water partition coefficient (Wildman–Crippen LogP) is 3.45. The Morgan fingerprint density at radius 1 is 1.00 bits per heavy atom. The molecule has 0 radical (unpaired) electrons. The van der Waals surface area contributed by atoms with Gasteiger partial charge in [-0.3, -0.25) is 4.90 Å². The summed E-state index contributed by atoms with van der Waals surface area (Å²) >= 11 is 0. The van der Waals surface area contributed by atoms with Crippen molar-refractivity contribution >= 4 is 0 Å². The van der Waals surface area contributed by atoms with Crippen LogP contribution in [0.1, 0.15) is 29.5 Å². The van der Waals surface area contributed by atoms with Crippen molar-refractivity contribution in [1.82, 2.24) is 4.90 Å². The molecule has 1 aliphatic carbocycles. The first-order valence-electron chi connectivity index (χ1n) is 7.51. The third-order valence-corrected chi connectivity index (χ3v) is 4.02. The Bertz CT molecular complexity index is 593. The van der Waals surface area contributed by atoms with Gasteiger partial charge in [0.2, 0.25) is 0 Å². The minimum absolute atomic E-state index is 0.142. The maximum atomic E-state index is 14.1. The fourth-order valence-corrected chi connectivity index (χ4v) is 2.64. The van der Waals surface area contributed by atoms with Crippen molar-refractivity contribution in [1.29, 1.82) is 0 Å². The first-order chi connectivity index (χ1) is 10.3. The zero-order chi connectivity index (χ0) is 14.7. The van der Waals surface area contributed by atoms with Gasteiger partial charge in [-0.2, -0.15) is 0 Å². The van der Waals surface area contributed by atoms with Gasteiger partial charge in [-0.1, -0.05) is 42.5 Å². The zero-order valence-corrected chi connectivity index (χ0v) is 12.1. The summed E-state index contributed by atoms with van der Waals surface area (Å²) in [6.07, 6.45) is 2.44. The van der Waals surface area contributed by atoms with Crippen LogP contribution in [0.15, 0.2) is 48.5 Å². The summed E-state index contributed by atoms with van der Waals surface area (Å²) < 4.78 is 14.1. The zero-order valence-electron chi connectivity index (χ0n) is 12.1. The van der Waals surface area contributed by atoms with E-state index < -0.39 is 0 Å². The molecule has 0 saturated heterocycles.